The Balaban J connectivity index is 1.68. The van der Waals surface area contributed by atoms with Crippen molar-refractivity contribution in [3.63, 3.8) is 0 Å². The summed E-state index contributed by atoms with van der Waals surface area (Å²) in [6, 6.07) is 14.8. The van der Waals surface area contributed by atoms with Crippen LogP contribution in [-0.2, 0) is 0 Å². The fourth-order valence-electron chi connectivity index (χ4n) is 2.70. The summed E-state index contributed by atoms with van der Waals surface area (Å²) >= 11 is 9.10. The fourth-order valence-corrected chi connectivity index (χ4v) is 3.33. The van der Waals surface area contributed by atoms with E-state index in [4.69, 9.17) is 16.0 Å². The topological polar surface area (TPSA) is 102 Å². The Bertz CT molecular complexity index is 1290. The summed E-state index contributed by atoms with van der Waals surface area (Å²) < 4.78 is 5.98. The van der Waals surface area contributed by atoms with Crippen LogP contribution in [0.15, 0.2) is 68.5 Å². The van der Waals surface area contributed by atoms with Gasteiger partial charge in [0.15, 0.2) is 5.58 Å². The normalized spacial score (nSPS) is 11.4. The summed E-state index contributed by atoms with van der Waals surface area (Å²) in [5.41, 5.74) is 2.58. The van der Waals surface area contributed by atoms with Gasteiger partial charge in [-0.25, -0.2) is 4.98 Å². The summed E-state index contributed by atoms with van der Waals surface area (Å²) in [7, 11) is 0. The highest BCUT2D eigenvalue weighted by molar-refractivity contribution is 9.10. The number of nitrogens with zero attached hydrogens (tertiary/aromatic N) is 3. The summed E-state index contributed by atoms with van der Waals surface area (Å²) in [5, 5.41) is 21.7. The molecule has 0 radical (unpaired) electrons. The predicted octanol–water partition coefficient (Wildman–Crippen LogP) is 6.28. The average Bonchev–Trinajstić information content (AvgIpc) is 3.12. The number of nitro groups is 1. The molecule has 3 aromatic carbocycles. The second kappa shape index (κ2) is 7.65. The van der Waals surface area contributed by atoms with Gasteiger partial charge in [-0.3, -0.25) is 15.1 Å². The first kappa shape index (κ1) is 19.1. The summed E-state index contributed by atoms with van der Waals surface area (Å²) in [4.78, 5) is 19.2. The average molecular weight is 473 g/mol. The number of non-ortho nitro benzene ring substituents is 1. The van der Waals surface area contributed by atoms with E-state index < -0.39 is 4.92 Å². The van der Waals surface area contributed by atoms with Gasteiger partial charge >= 0.3 is 0 Å². The first-order valence-corrected chi connectivity index (χ1v) is 9.45. The maximum atomic E-state index is 11.0. The van der Waals surface area contributed by atoms with Crippen molar-refractivity contribution < 1.29 is 14.4 Å². The van der Waals surface area contributed by atoms with E-state index in [2.05, 4.69) is 25.9 Å². The third-order valence-corrected chi connectivity index (χ3v) is 4.92. The maximum Gasteiger partial charge on any atom is 0.271 e. The van der Waals surface area contributed by atoms with Gasteiger partial charge in [0.25, 0.3) is 5.69 Å². The lowest BCUT2D eigenvalue weighted by Crippen LogP contribution is -1.91. The standard InChI is InChI=1S/C20H11BrClN3O4/c21-16-9-15(25(27)28)7-12(19(16)26)10-23-14-3-1-2-11(6-14)20-24-17-8-13(22)4-5-18(17)29-20/h1-10,26H. The monoisotopic (exact) mass is 471 g/mol. The van der Waals surface area contributed by atoms with Crippen molar-refractivity contribution in [3.05, 3.63) is 79.8 Å². The Morgan fingerprint density at radius 3 is 2.83 bits per heavy atom. The van der Waals surface area contributed by atoms with Gasteiger partial charge in [0.2, 0.25) is 5.89 Å². The quantitative estimate of drug-likeness (QED) is 0.214. The Kier molecular flexibility index (Phi) is 5.04. The number of halogens is 2. The van der Waals surface area contributed by atoms with E-state index in [1.165, 1.54) is 18.3 Å². The minimum atomic E-state index is -0.540. The molecule has 1 heterocycles. The first-order chi connectivity index (χ1) is 13.9. The second-order valence-electron chi connectivity index (χ2n) is 6.06. The molecule has 4 rings (SSSR count). The van der Waals surface area contributed by atoms with Crippen molar-refractivity contribution in [2.24, 2.45) is 4.99 Å². The van der Waals surface area contributed by atoms with E-state index in [9.17, 15) is 15.2 Å². The Morgan fingerprint density at radius 1 is 1.21 bits per heavy atom. The molecule has 1 aromatic heterocycles. The number of oxazole rings is 1. The van der Waals surface area contributed by atoms with Crippen molar-refractivity contribution in [1.29, 1.82) is 0 Å². The van der Waals surface area contributed by atoms with E-state index in [0.717, 1.165) is 0 Å². The number of fused-ring (bicyclic) bond motifs is 1. The van der Waals surface area contributed by atoms with Crippen LogP contribution in [0.1, 0.15) is 5.56 Å². The van der Waals surface area contributed by atoms with Gasteiger partial charge in [-0.15, -0.1) is 0 Å². The Hall–Kier alpha value is -3.23. The molecule has 0 saturated heterocycles. The number of phenols is 1. The third-order valence-electron chi connectivity index (χ3n) is 4.08. The van der Waals surface area contributed by atoms with Crippen molar-refractivity contribution in [2.45, 2.75) is 0 Å². The van der Waals surface area contributed by atoms with Gasteiger partial charge in [-0.05, 0) is 52.3 Å². The SMILES string of the molecule is O=[N+]([O-])c1cc(Br)c(O)c(C=Nc2cccc(-c3nc4cc(Cl)ccc4o3)c2)c1. The van der Waals surface area contributed by atoms with Crippen LogP contribution in [-0.4, -0.2) is 21.2 Å². The van der Waals surface area contributed by atoms with E-state index in [1.54, 1.807) is 36.4 Å². The van der Waals surface area contributed by atoms with Gasteiger partial charge in [0.05, 0.1) is 15.1 Å². The van der Waals surface area contributed by atoms with Gasteiger partial charge in [0.1, 0.15) is 11.3 Å². The predicted molar refractivity (Wildman–Crippen MR) is 114 cm³/mol. The number of aliphatic imine (C=N–C) groups is 1. The van der Waals surface area contributed by atoms with Gasteiger partial charge in [0, 0.05) is 34.5 Å². The van der Waals surface area contributed by atoms with Crippen molar-refractivity contribution in [3.8, 4) is 17.2 Å². The Labute approximate surface area is 177 Å². The second-order valence-corrected chi connectivity index (χ2v) is 7.35. The molecule has 29 heavy (non-hydrogen) atoms. The molecule has 0 amide bonds. The van der Waals surface area contributed by atoms with Crippen LogP contribution >= 0.6 is 27.5 Å². The molecule has 144 valence electrons. The highest BCUT2D eigenvalue weighted by Gasteiger charge is 2.14. The smallest absolute Gasteiger partial charge is 0.271 e. The molecule has 0 aliphatic carbocycles. The molecule has 1 N–H and O–H groups in total. The zero-order valence-electron chi connectivity index (χ0n) is 14.5. The van der Waals surface area contributed by atoms with Crippen LogP contribution in [0.3, 0.4) is 0 Å². The molecular weight excluding hydrogens is 462 g/mol. The van der Waals surface area contributed by atoms with E-state index in [1.807, 2.05) is 6.07 Å². The van der Waals surface area contributed by atoms with Crippen LogP contribution in [0.4, 0.5) is 11.4 Å². The fraction of sp³-hybridized carbons (Fsp3) is 0. The molecule has 0 spiro atoms. The number of aromatic nitrogens is 1. The number of nitro benzene ring substituents is 1. The van der Waals surface area contributed by atoms with Crippen molar-refractivity contribution in [1.82, 2.24) is 4.98 Å². The van der Waals surface area contributed by atoms with Crippen molar-refractivity contribution >= 4 is 56.2 Å². The molecule has 0 fully saturated rings. The van der Waals surface area contributed by atoms with Gasteiger partial charge < -0.3 is 9.52 Å². The molecule has 4 aromatic rings. The number of aromatic hydroxyl groups is 1. The summed E-state index contributed by atoms with van der Waals surface area (Å²) in [5.74, 6) is 0.284. The highest BCUT2D eigenvalue weighted by atomic mass is 79.9. The van der Waals surface area contributed by atoms with Crippen LogP contribution in [0, 0.1) is 10.1 Å². The number of rotatable bonds is 4. The van der Waals surface area contributed by atoms with E-state index in [0.29, 0.717) is 33.3 Å². The number of phenolic OH excluding ortho intramolecular Hbond substituents is 1. The molecule has 0 unspecified atom stereocenters. The van der Waals surface area contributed by atoms with Crippen LogP contribution < -0.4 is 0 Å². The van der Waals surface area contributed by atoms with Crippen LogP contribution in [0.5, 0.6) is 5.75 Å². The third kappa shape index (κ3) is 3.98. The largest absolute Gasteiger partial charge is 0.506 e. The molecule has 0 bridgehead atoms. The first-order valence-electron chi connectivity index (χ1n) is 8.28. The lowest BCUT2D eigenvalue weighted by molar-refractivity contribution is -0.385. The Morgan fingerprint density at radius 2 is 2.03 bits per heavy atom. The lowest BCUT2D eigenvalue weighted by Gasteiger charge is -2.02. The van der Waals surface area contributed by atoms with Crippen molar-refractivity contribution in [2.75, 3.05) is 0 Å². The summed E-state index contributed by atoms with van der Waals surface area (Å²) in [6.07, 6.45) is 1.36. The van der Waals surface area contributed by atoms with Crippen LogP contribution in [0.2, 0.25) is 5.02 Å². The molecule has 0 atom stereocenters. The summed E-state index contributed by atoms with van der Waals surface area (Å²) in [6.45, 7) is 0. The van der Waals surface area contributed by atoms with E-state index in [-0.39, 0.29) is 21.5 Å². The van der Waals surface area contributed by atoms with Gasteiger partial charge in [-0.2, -0.15) is 0 Å². The van der Waals surface area contributed by atoms with E-state index >= 15 is 0 Å². The minimum absolute atomic E-state index is 0.133. The highest BCUT2D eigenvalue weighted by Crippen LogP contribution is 2.32. The zero-order valence-corrected chi connectivity index (χ0v) is 16.9. The molecule has 0 saturated carbocycles. The number of hydrogen-bond donors (Lipinski definition) is 1. The zero-order chi connectivity index (χ0) is 20.5. The van der Waals surface area contributed by atoms with Gasteiger partial charge in [-0.1, -0.05) is 17.7 Å². The molecule has 9 heteroatoms. The molecule has 0 aliphatic rings. The lowest BCUT2D eigenvalue weighted by atomic mass is 10.2. The van der Waals surface area contributed by atoms with Crippen LogP contribution in [0.25, 0.3) is 22.6 Å². The molecule has 0 aliphatic heterocycles. The maximum absolute atomic E-state index is 11.0. The minimum Gasteiger partial charge on any atom is -0.506 e. The molecular formula is C20H11BrClN3O4. The number of benzene rings is 3. The molecule has 7 nitrogen and oxygen atoms in total. The number of hydrogen-bond acceptors (Lipinski definition) is 6.